The SMILES string of the molecule is CC1CCCCN1C(=O)C1CCCN(C(=O)C2CC2)C1. The maximum absolute atomic E-state index is 12.7. The first-order chi connectivity index (χ1) is 9.66. The van der Waals surface area contributed by atoms with Gasteiger partial charge >= 0.3 is 0 Å². The zero-order valence-electron chi connectivity index (χ0n) is 12.5. The summed E-state index contributed by atoms with van der Waals surface area (Å²) in [5, 5.41) is 0. The number of piperidine rings is 2. The van der Waals surface area contributed by atoms with Crippen LogP contribution in [0.3, 0.4) is 0 Å². The molecule has 0 spiro atoms. The van der Waals surface area contributed by atoms with E-state index in [1.54, 1.807) is 0 Å². The van der Waals surface area contributed by atoms with Crippen molar-refractivity contribution < 1.29 is 9.59 Å². The number of carbonyl (C=O) groups is 2. The second-order valence-corrected chi connectivity index (χ2v) is 6.77. The van der Waals surface area contributed by atoms with Gasteiger partial charge in [-0.2, -0.15) is 0 Å². The van der Waals surface area contributed by atoms with Crippen LogP contribution in [0, 0.1) is 11.8 Å². The number of hydrogen-bond acceptors (Lipinski definition) is 2. The Balaban J connectivity index is 1.60. The summed E-state index contributed by atoms with van der Waals surface area (Å²) in [6, 6.07) is 0.380. The number of hydrogen-bond donors (Lipinski definition) is 0. The lowest BCUT2D eigenvalue weighted by atomic mass is 9.93. The molecule has 2 heterocycles. The molecular weight excluding hydrogens is 252 g/mol. The van der Waals surface area contributed by atoms with E-state index in [-0.39, 0.29) is 11.8 Å². The molecule has 2 atom stereocenters. The standard InChI is InChI=1S/C16H26N2O2/c1-12-5-2-3-10-18(12)16(20)14-6-4-9-17(11-14)15(19)13-7-8-13/h12-14H,2-11H2,1H3. The van der Waals surface area contributed by atoms with Crippen molar-refractivity contribution in [3.05, 3.63) is 0 Å². The lowest BCUT2D eigenvalue weighted by Crippen LogP contribution is -2.50. The molecule has 2 saturated heterocycles. The molecular formula is C16H26N2O2. The van der Waals surface area contributed by atoms with Gasteiger partial charge in [0.15, 0.2) is 0 Å². The summed E-state index contributed by atoms with van der Waals surface area (Å²) in [6.45, 7) is 4.59. The zero-order chi connectivity index (χ0) is 14.1. The number of amides is 2. The largest absolute Gasteiger partial charge is 0.342 e. The fourth-order valence-corrected chi connectivity index (χ4v) is 3.63. The van der Waals surface area contributed by atoms with Gasteiger partial charge in [0, 0.05) is 31.6 Å². The molecule has 1 saturated carbocycles. The molecule has 3 fully saturated rings. The summed E-state index contributed by atoms with van der Waals surface area (Å²) in [4.78, 5) is 28.9. The Morgan fingerprint density at radius 3 is 2.35 bits per heavy atom. The van der Waals surface area contributed by atoms with Crippen molar-refractivity contribution in [1.82, 2.24) is 9.80 Å². The molecule has 2 unspecified atom stereocenters. The maximum Gasteiger partial charge on any atom is 0.227 e. The van der Waals surface area contributed by atoms with Gasteiger partial charge in [0.1, 0.15) is 0 Å². The second-order valence-electron chi connectivity index (χ2n) is 6.77. The number of rotatable bonds is 2. The van der Waals surface area contributed by atoms with Gasteiger partial charge in [-0.15, -0.1) is 0 Å². The Morgan fingerprint density at radius 2 is 1.65 bits per heavy atom. The van der Waals surface area contributed by atoms with Gasteiger partial charge in [-0.3, -0.25) is 9.59 Å². The van der Waals surface area contributed by atoms with Crippen molar-refractivity contribution in [2.24, 2.45) is 11.8 Å². The minimum absolute atomic E-state index is 0.0481. The number of likely N-dealkylation sites (tertiary alicyclic amines) is 2. The Hall–Kier alpha value is -1.06. The summed E-state index contributed by atoms with van der Waals surface area (Å²) in [6.07, 6.45) is 7.54. The fourth-order valence-electron chi connectivity index (χ4n) is 3.63. The van der Waals surface area contributed by atoms with Crippen molar-refractivity contribution in [2.75, 3.05) is 19.6 Å². The third-order valence-electron chi connectivity index (χ3n) is 5.09. The van der Waals surface area contributed by atoms with Gasteiger partial charge in [-0.1, -0.05) is 0 Å². The predicted octanol–water partition coefficient (Wildman–Crippen LogP) is 2.04. The molecule has 0 bridgehead atoms. The molecule has 2 aliphatic heterocycles. The average molecular weight is 278 g/mol. The Labute approximate surface area is 121 Å². The fraction of sp³-hybridized carbons (Fsp3) is 0.875. The van der Waals surface area contributed by atoms with Crippen LogP contribution in [0.1, 0.15) is 51.9 Å². The van der Waals surface area contributed by atoms with Gasteiger partial charge in [0.25, 0.3) is 0 Å². The van der Waals surface area contributed by atoms with Gasteiger partial charge in [0.05, 0.1) is 5.92 Å². The molecule has 0 aromatic carbocycles. The summed E-state index contributed by atoms with van der Waals surface area (Å²) in [5.41, 5.74) is 0. The summed E-state index contributed by atoms with van der Waals surface area (Å²) in [5.74, 6) is 0.921. The van der Waals surface area contributed by atoms with Crippen LogP contribution in [0.15, 0.2) is 0 Å². The molecule has 0 radical (unpaired) electrons. The smallest absolute Gasteiger partial charge is 0.227 e. The van der Waals surface area contributed by atoms with Crippen molar-refractivity contribution in [3.8, 4) is 0 Å². The molecule has 0 aromatic rings. The first-order valence-corrected chi connectivity index (χ1v) is 8.26. The van der Waals surface area contributed by atoms with Gasteiger partial charge < -0.3 is 9.80 Å². The van der Waals surface area contributed by atoms with E-state index in [0.717, 1.165) is 51.6 Å². The van der Waals surface area contributed by atoms with Crippen LogP contribution in [0.2, 0.25) is 0 Å². The third-order valence-corrected chi connectivity index (χ3v) is 5.09. The predicted molar refractivity (Wildman–Crippen MR) is 77.1 cm³/mol. The molecule has 2 amide bonds. The van der Waals surface area contributed by atoms with Crippen LogP contribution in [0.4, 0.5) is 0 Å². The third kappa shape index (κ3) is 2.84. The molecule has 4 nitrogen and oxygen atoms in total. The average Bonchev–Trinajstić information content (AvgIpc) is 3.31. The topological polar surface area (TPSA) is 40.6 Å². The molecule has 0 aromatic heterocycles. The molecule has 4 heteroatoms. The van der Waals surface area contributed by atoms with Gasteiger partial charge in [-0.05, 0) is 51.9 Å². The van der Waals surface area contributed by atoms with E-state index in [4.69, 9.17) is 0 Å². The van der Waals surface area contributed by atoms with E-state index >= 15 is 0 Å². The maximum atomic E-state index is 12.7. The van der Waals surface area contributed by atoms with E-state index in [1.165, 1.54) is 6.42 Å². The van der Waals surface area contributed by atoms with Crippen LogP contribution in [-0.2, 0) is 9.59 Å². The highest BCUT2D eigenvalue weighted by Gasteiger charge is 2.38. The van der Waals surface area contributed by atoms with Gasteiger partial charge in [-0.25, -0.2) is 0 Å². The van der Waals surface area contributed by atoms with E-state index in [0.29, 0.717) is 24.4 Å². The van der Waals surface area contributed by atoms with Crippen LogP contribution in [0.5, 0.6) is 0 Å². The van der Waals surface area contributed by atoms with E-state index in [2.05, 4.69) is 11.8 Å². The van der Waals surface area contributed by atoms with Crippen molar-refractivity contribution >= 4 is 11.8 Å². The summed E-state index contributed by atoms with van der Waals surface area (Å²) in [7, 11) is 0. The minimum Gasteiger partial charge on any atom is -0.342 e. The second kappa shape index (κ2) is 5.74. The van der Waals surface area contributed by atoms with Crippen molar-refractivity contribution in [1.29, 1.82) is 0 Å². The normalized spacial score (nSPS) is 31.2. The van der Waals surface area contributed by atoms with Crippen LogP contribution >= 0.6 is 0 Å². The van der Waals surface area contributed by atoms with Gasteiger partial charge in [0.2, 0.25) is 11.8 Å². The molecule has 3 aliphatic rings. The minimum atomic E-state index is 0.0481. The number of carbonyl (C=O) groups excluding carboxylic acids is 2. The van der Waals surface area contributed by atoms with Crippen LogP contribution in [-0.4, -0.2) is 47.3 Å². The Morgan fingerprint density at radius 1 is 0.850 bits per heavy atom. The Kier molecular flexibility index (Phi) is 3.99. The van der Waals surface area contributed by atoms with Crippen LogP contribution in [0.25, 0.3) is 0 Å². The zero-order valence-corrected chi connectivity index (χ0v) is 12.5. The summed E-state index contributed by atoms with van der Waals surface area (Å²) < 4.78 is 0. The lowest BCUT2D eigenvalue weighted by Gasteiger charge is -2.39. The van der Waals surface area contributed by atoms with E-state index < -0.39 is 0 Å². The number of nitrogens with zero attached hydrogens (tertiary/aromatic N) is 2. The highest BCUT2D eigenvalue weighted by Crippen LogP contribution is 2.33. The Bertz CT molecular complexity index is 392. The summed E-state index contributed by atoms with van der Waals surface area (Å²) >= 11 is 0. The van der Waals surface area contributed by atoms with Crippen LogP contribution < -0.4 is 0 Å². The molecule has 20 heavy (non-hydrogen) atoms. The van der Waals surface area contributed by atoms with E-state index in [9.17, 15) is 9.59 Å². The first-order valence-electron chi connectivity index (χ1n) is 8.26. The quantitative estimate of drug-likeness (QED) is 0.775. The monoisotopic (exact) mass is 278 g/mol. The van der Waals surface area contributed by atoms with Crippen molar-refractivity contribution in [3.63, 3.8) is 0 Å². The van der Waals surface area contributed by atoms with E-state index in [1.807, 2.05) is 4.90 Å². The molecule has 112 valence electrons. The molecule has 0 N–H and O–H groups in total. The first kappa shape index (κ1) is 13.9. The highest BCUT2D eigenvalue weighted by atomic mass is 16.2. The molecule has 1 aliphatic carbocycles. The lowest BCUT2D eigenvalue weighted by molar-refractivity contribution is -0.143. The molecule has 3 rings (SSSR count). The van der Waals surface area contributed by atoms with Crippen molar-refractivity contribution in [2.45, 2.75) is 57.9 Å². The highest BCUT2D eigenvalue weighted by molar-refractivity contribution is 5.83.